The minimum atomic E-state index is -1.59. The molecule has 0 spiro atoms. The number of aliphatic hydroxyl groups is 1. The molecule has 8 heteroatoms. The molecule has 1 aromatic rings. The Bertz CT molecular complexity index is 836. The van der Waals surface area contributed by atoms with Gasteiger partial charge in [0.05, 0.1) is 0 Å². The van der Waals surface area contributed by atoms with Gasteiger partial charge in [-0.3, -0.25) is 14.5 Å². The molecule has 1 amide bonds. The monoisotopic (exact) mass is 403 g/mol. The maximum Gasteiger partial charge on any atom is 0.355 e. The van der Waals surface area contributed by atoms with E-state index in [4.69, 9.17) is 9.47 Å². The molecule has 3 rings (SSSR count). The smallest absolute Gasteiger partial charge is 0.355 e. The van der Waals surface area contributed by atoms with E-state index in [-0.39, 0.29) is 25.3 Å². The number of carbonyl (C=O) groups is 3. The lowest BCUT2D eigenvalue weighted by atomic mass is 9.87. The molecular weight excluding hydrogens is 382 g/mol. The number of β-lactam (4-membered cyclic amide) rings is 1. The average molecular weight is 403 g/mol. The van der Waals surface area contributed by atoms with Crippen LogP contribution in [0.3, 0.4) is 0 Å². The van der Waals surface area contributed by atoms with Crippen LogP contribution in [0, 0.1) is 0 Å². The summed E-state index contributed by atoms with van der Waals surface area (Å²) in [6.45, 7) is 4.77. The molecule has 0 unspecified atom stereocenters. The van der Waals surface area contributed by atoms with Crippen molar-refractivity contribution in [3.8, 4) is 0 Å². The normalized spacial score (nSPS) is 23.6. The Morgan fingerprint density at radius 3 is 2.68 bits per heavy atom. The molecule has 7 nitrogen and oxygen atoms in total. The maximum atomic E-state index is 12.8. The first-order valence-corrected chi connectivity index (χ1v) is 9.78. The zero-order valence-corrected chi connectivity index (χ0v) is 16.2. The Hall–Kier alpha value is -2.58. The summed E-state index contributed by atoms with van der Waals surface area (Å²) in [5.74, 6) is -1.44. The Kier molecular flexibility index (Phi) is 5.90. The van der Waals surface area contributed by atoms with Gasteiger partial charge in [-0.05, 0) is 5.56 Å². The van der Waals surface area contributed by atoms with Gasteiger partial charge in [0.25, 0.3) is 5.91 Å². The van der Waals surface area contributed by atoms with E-state index >= 15 is 0 Å². The van der Waals surface area contributed by atoms with Gasteiger partial charge in [0.2, 0.25) is 0 Å². The third-order valence-electron chi connectivity index (χ3n) is 4.53. The average Bonchev–Trinajstić information content (AvgIpc) is 2.70. The van der Waals surface area contributed by atoms with Crippen molar-refractivity contribution in [1.29, 1.82) is 0 Å². The van der Waals surface area contributed by atoms with E-state index in [0.29, 0.717) is 11.3 Å². The van der Waals surface area contributed by atoms with Crippen molar-refractivity contribution in [2.45, 2.75) is 30.9 Å². The van der Waals surface area contributed by atoms with Crippen LogP contribution in [0.4, 0.5) is 0 Å². The first kappa shape index (κ1) is 20.2. The van der Waals surface area contributed by atoms with Crippen molar-refractivity contribution in [2.75, 3.05) is 12.4 Å². The second-order valence-corrected chi connectivity index (χ2v) is 7.62. The standard InChI is InChI=1S/C20H21NO6S/c1-3-9-20(25)18(24)21-16(15(11-26-13(2)22)12-28-19(20)21)17(23)27-10-14-7-5-4-6-8-14/h3-8,19,25H,1,9-12H2,2H3/t19-,20-/m1/s1. The van der Waals surface area contributed by atoms with Crippen LogP contribution >= 0.6 is 11.8 Å². The van der Waals surface area contributed by atoms with Gasteiger partial charge in [-0.2, -0.15) is 0 Å². The minimum Gasteiger partial charge on any atom is -0.461 e. The molecule has 148 valence electrons. The second-order valence-electron chi connectivity index (χ2n) is 6.55. The number of hydrogen-bond donors (Lipinski definition) is 1. The zero-order valence-electron chi connectivity index (χ0n) is 15.4. The molecule has 2 aliphatic rings. The van der Waals surface area contributed by atoms with Crippen LogP contribution in [0.5, 0.6) is 0 Å². The molecule has 0 saturated carbocycles. The van der Waals surface area contributed by atoms with Crippen molar-refractivity contribution in [2.24, 2.45) is 0 Å². The predicted octanol–water partition coefficient (Wildman–Crippen LogP) is 1.77. The summed E-state index contributed by atoms with van der Waals surface area (Å²) in [6, 6.07) is 9.15. The number of carbonyl (C=O) groups excluding carboxylic acids is 3. The van der Waals surface area contributed by atoms with Crippen LogP contribution in [0.2, 0.25) is 0 Å². The highest BCUT2D eigenvalue weighted by atomic mass is 32.2. The fourth-order valence-corrected chi connectivity index (χ4v) is 4.56. The van der Waals surface area contributed by atoms with Crippen molar-refractivity contribution in [3.63, 3.8) is 0 Å². The first-order chi connectivity index (χ1) is 13.4. The molecule has 2 atom stereocenters. The highest BCUT2D eigenvalue weighted by Gasteiger charge is 2.63. The summed E-state index contributed by atoms with van der Waals surface area (Å²) < 4.78 is 10.4. The van der Waals surface area contributed by atoms with Gasteiger partial charge in [0, 0.05) is 24.7 Å². The van der Waals surface area contributed by atoms with Crippen LogP contribution in [-0.4, -0.2) is 51.2 Å². The summed E-state index contributed by atoms with van der Waals surface area (Å²) in [5, 5.41) is 10.0. The number of hydrogen-bond acceptors (Lipinski definition) is 7. The van der Waals surface area contributed by atoms with E-state index in [1.54, 1.807) is 0 Å². The molecule has 0 aromatic heterocycles. The van der Waals surface area contributed by atoms with Crippen molar-refractivity contribution >= 4 is 29.6 Å². The third-order valence-corrected chi connectivity index (χ3v) is 5.97. The van der Waals surface area contributed by atoms with Gasteiger partial charge in [-0.1, -0.05) is 36.4 Å². The third kappa shape index (κ3) is 3.70. The van der Waals surface area contributed by atoms with Crippen LogP contribution < -0.4 is 0 Å². The second kappa shape index (κ2) is 8.20. The van der Waals surface area contributed by atoms with Gasteiger partial charge in [-0.15, -0.1) is 18.3 Å². The summed E-state index contributed by atoms with van der Waals surface area (Å²) in [6.07, 6.45) is 1.56. The lowest BCUT2D eigenvalue weighted by Crippen LogP contribution is -2.73. The molecule has 0 radical (unpaired) electrons. The van der Waals surface area contributed by atoms with E-state index in [2.05, 4.69) is 6.58 Å². The number of thioether (sulfide) groups is 1. The van der Waals surface area contributed by atoms with E-state index < -0.39 is 28.8 Å². The van der Waals surface area contributed by atoms with Crippen LogP contribution in [0.25, 0.3) is 0 Å². The number of benzene rings is 1. The van der Waals surface area contributed by atoms with Gasteiger partial charge in [0.15, 0.2) is 5.60 Å². The van der Waals surface area contributed by atoms with Gasteiger partial charge in [-0.25, -0.2) is 4.79 Å². The minimum absolute atomic E-state index is 0.0414. The van der Waals surface area contributed by atoms with E-state index in [9.17, 15) is 19.5 Å². The number of nitrogens with zero attached hydrogens (tertiary/aromatic N) is 1. The van der Waals surface area contributed by atoms with Crippen molar-refractivity contribution in [1.82, 2.24) is 4.90 Å². The summed E-state index contributed by atoms with van der Waals surface area (Å²) in [7, 11) is 0. The summed E-state index contributed by atoms with van der Waals surface area (Å²) in [4.78, 5) is 37.9. The highest BCUT2D eigenvalue weighted by Crippen LogP contribution is 2.48. The van der Waals surface area contributed by atoms with Crippen LogP contribution in [0.15, 0.2) is 54.3 Å². The first-order valence-electron chi connectivity index (χ1n) is 8.73. The molecule has 28 heavy (non-hydrogen) atoms. The number of rotatable bonds is 7. The maximum absolute atomic E-state index is 12.8. The molecule has 1 fully saturated rings. The largest absolute Gasteiger partial charge is 0.461 e. The van der Waals surface area contributed by atoms with Crippen LogP contribution in [-0.2, 0) is 30.5 Å². The highest BCUT2D eigenvalue weighted by molar-refractivity contribution is 8.00. The lowest BCUT2D eigenvalue weighted by molar-refractivity contribution is -0.178. The van der Waals surface area contributed by atoms with E-state index in [1.165, 1.54) is 29.7 Å². The number of ether oxygens (including phenoxy) is 2. The number of esters is 2. The zero-order chi connectivity index (χ0) is 20.3. The van der Waals surface area contributed by atoms with E-state index in [0.717, 1.165) is 5.56 Å². The molecule has 0 bridgehead atoms. The quantitative estimate of drug-likeness (QED) is 0.421. The summed E-state index contributed by atoms with van der Waals surface area (Å²) in [5.41, 5.74) is -0.273. The fourth-order valence-electron chi connectivity index (χ4n) is 3.16. The molecule has 1 saturated heterocycles. The van der Waals surface area contributed by atoms with Gasteiger partial charge in [0.1, 0.15) is 24.3 Å². The molecule has 2 aliphatic heterocycles. The van der Waals surface area contributed by atoms with E-state index in [1.807, 2.05) is 30.3 Å². The van der Waals surface area contributed by atoms with Gasteiger partial charge >= 0.3 is 11.9 Å². The Morgan fingerprint density at radius 1 is 1.32 bits per heavy atom. The molecule has 2 heterocycles. The van der Waals surface area contributed by atoms with Crippen molar-refractivity contribution < 1.29 is 29.0 Å². The fraction of sp³-hybridized carbons (Fsp3) is 0.350. The Morgan fingerprint density at radius 2 is 2.04 bits per heavy atom. The molecule has 1 N–H and O–H groups in total. The predicted molar refractivity (Wildman–Crippen MR) is 103 cm³/mol. The topological polar surface area (TPSA) is 93.1 Å². The van der Waals surface area contributed by atoms with Crippen molar-refractivity contribution in [3.05, 3.63) is 59.8 Å². The van der Waals surface area contributed by atoms with Gasteiger partial charge < -0.3 is 14.6 Å². The number of amides is 1. The summed E-state index contributed by atoms with van der Waals surface area (Å²) >= 11 is 1.31. The Labute approximate surface area is 167 Å². The SMILES string of the molecule is C=CC[C@@]1(O)C(=O)N2C(C(=O)OCc3ccccc3)=C(COC(C)=O)CS[C@@H]21. The van der Waals surface area contributed by atoms with Crippen LogP contribution in [0.1, 0.15) is 18.9 Å². The molecule has 1 aromatic carbocycles. The molecule has 0 aliphatic carbocycles. The Balaban J connectivity index is 1.84. The lowest BCUT2D eigenvalue weighted by Gasteiger charge is -2.54. The number of fused-ring (bicyclic) bond motifs is 1. The molecular formula is C20H21NO6S.